The summed E-state index contributed by atoms with van der Waals surface area (Å²) in [6.45, 7) is 7.58. The molecule has 1 aliphatic rings. The van der Waals surface area contributed by atoms with Crippen LogP contribution in [-0.2, 0) is 9.53 Å². The molecule has 0 aliphatic carbocycles. The lowest BCUT2D eigenvalue weighted by atomic mass is 10.1. The number of amides is 1. The van der Waals surface area contributed by atoms with Gasteiger partial charge in [0.2, 0.25) is 0 Å². The van der Waals surface area contributed by atoms with E-state index in [0.29, 0.717) is 25.5 Å². The number of hydrogen-bond donors (Lipinski definition) is 1. The van der Waals surface area contributed by atoms with Gasteiger partial charge < -0.3 is 19.2 Å². The second-order valence-electron chi connectivity index (χ2n) is 6.52. The molecule has 0 spiro atoms. The van der Waals surface area contributed by atoms with Gasteiger partial charge in [-0.2, -0.15) is 0 Å². The number of hydrogen-bond acceptors (Lipinski definition) is 5. The number of nitrogens with one attached hydrogen (secondary N) is 1. The summed E-state index contributed by atoms with van der Waals surface area (Å²) >= 11 is 0. The highest BCUT2D eigenvalue weighted by molar-refractivity contribution is 5.77. The van der Waals surface area contributed by atoms with Crippen molar-refractivity contribution in [3.63, 3.8) is 0 Å². The van der Waals surface area contributed by atoms with Crippen LogP contribution in [0.5, 0.6) is 5.75 Å². The monoisotopic (exact) mass is 358 g/mol. The Bertz CT molecular complexity index is 709. The fraction of sp³-hybridized carbons (Fsp3) is 0.450. The molecule has 0 bridgehead atoms. The molecule has 3 rings (SSSR count). The van der Waals surface area contributed by atoms with Gasteiger partial charge in [-0.3, -0.25) is 9.69 Å². The number of carbonyl (C=O) groups is 1. The fourth-order valence-electron chi connectivity index (χ4n) is 2.99. The Hall–Kier alpha value is -2.31. The molecule has 1 N–H and O–H groups in total. The third kappa shape index (κ3) is 4.86. The van der Waals surface area contributed by atoms with E-state index in [4.69, 9.17) is 13.9 Å². The van der Waals surface area contributed by atoms with Gasteiger partial charge in [-0.25, -0.2) is 0 Å². The van der Waals surface area contributed by atoms with E-state index in [1.165, 1.54) is 5.56 Å². The predicted molar refractivity (Wildman–Crippen MR) is 98.3 cm³/mol. The number of ether oxygens (including phenoxy) is 2. The number of benzene rings is 1. The molecule has 0 radical (unpaired) electrons. The molecule has 1 aromatic heterocycles. The van der Waals surface area contributed by atoms with Crippen molar-refractivity contribution >= 4 is 5.91 Å². The van der Waals surface area contributed by atoms with E-state index in [1.54, 1.807) is 6.26 Å². The topological polar surface area (TPSA) is 63.9 Å². The van der Waals surface area contributed by atoms with Gasteiger partial charge in [0.15, 0.2) is 6.61 Å². The van der Waals surface area contributed by atoms with Crippen molar-refractivity contribution in [1.29, 1.82) is 0 Å². The van der Waals surface area contributed by atoms with Gasteiger partial charge in [0, 0.05) is 19.6 Å². The van der Waals surface area contributed by atoms with Gasteiger partial charge >= 0.3 is 0 Å². The second kappa shape index (κ2) is 8.87. The Morgan fingerprint density at radius 2 is 2.04 bits per heavy atom. The highest BCUT2D eigenvalue weighted by Crippen LogP contribution is 2.21. The molecular formula is C20H26N2O4. The SMILES string of the molecule is Cc1ccc(OCC(=O)NC[C@H](c2ccco2)N2CCOCC2)cc1C. The molecule has 2 heterocycles. The molecule has 6 nitrogen and oxygen atoms in total. The largest absolute Gasteiger partial charge is 0.484 e. The van der Waals surface area contributed by atoms with E-state index in [2.05, 4.69) is 10.2 Å². The van der Waals surface area contributed by atoms with Crippen molar-refractivity contribution in [2.45, 2.75) is 19.9 Å². The lowest BCUT2D eigenvalue weighted by Gasteiger charge is -2.33. The van der Waals surface area contributed by atoms with Gasteiger partial charge in [0.05, 0.1) is 25.5 Å². The smallest absolute Gasteiger partial charge is 0.258 e. The number of morpholine rings is 1. The highest BCUT2D eigenvalue weighted by atomic mass is 16.5. The first-order chi connectivity index (χ1) is 12.6. The molecule has 140 valence electrons. The molecule has 0 unspecified atom stereocenters. The van der Waals surface area contributed by atoms with Gasteiger partial charge in [-0.05, 0) is 49.2 Å². The maximum Gasteiger partial charge on any atom is 0.258 e. The number of rotatable bonds is 7. The van der Waals surface area contributed by atoms with Crippen molar-refractivity contribution in [3.05, 3.63) is 53.5 Å². The lowest BCUT2D eigenvalue weighted by Crippen LogP contribution is -2.44. The van der Waals surface area contributed by atoms with E-state index >= 15 is 0 Å². The zero-order chi connectivity index (χ0) is 18.4. The molecule has 26 heavy (non-hydrogen) atoms. The molecular weight excluding hydrogens is 332 g/mol. The van der Waals surface area contributed by atoms with Crippen LogP contribution in [0.1, 0.15) is 22.9 Å². The summed E-state index contributed by atoms with van der Waals surface area (Å²) in [4.78, 5) is 14.5. The van der Waals surface area contributed by atoms with Crippen LogP contribution in [0.25, 0.3) is 0 Å². The molecule has 1 aliphatic heterocycles. The summed E-state index contributed by atoms with van der Waals surface area (Å²) in [7, 11) is 0. The summed E-state index contributed by atoms with van der Waals surface area (Å²) in [5.41, 5.74) is 2.35. The summed E-state index contributed by atoms with van der Waals surface area (Å²) < 4.78 is 16.6. The first-order valence-electron chi connectivity index (χ1n) is 8.95. The molecule has 2 aromatic rings. The molecule has 0 saturated carbocycles. The van der Waals surface area contributed by atoms with E-state index < -0.39 is 0 Å². The van der Waals surface area contributed by atoms with Crippen molar-refractivity contribution in [2.75, 3.05) is 39.5 Å². The van der Waals surface area contributed by atoms with E-state index in [0.717, 1.165) is 24.4 Å². The highest BCUT2D eigenvalue weighted by Gasteiger charge is 2.25. The van der Waals surface area contributed by atoms with E-state index in [9.17, 15) is 4.79 Å². The first-order valence-corrected chi connectivity index (χ1v) is 8.95. The minimum Gasteiger partial charge on any atom is -0.484 e. The van der Waals surface area contributed by atoms with Gasteiger partial charge in [-0.15, -0.1) is 0 Å². The van der Waals surface area contributed by atoms with Crippen molar-refractivity contribution in [2.24, 2.45) is 0 Å². The lowest BCUT2D eigenvalue weighted by molar-refractivity contribution is -0.123. The standard InChI is InChI=1S/C20H26N2O4/c1-15-5-6-17(12-16(15)2)26-14-20(23)21-13-18(19-4-3-9-25-19)22-7-10-24-11-8-22/h3-6,9,12,18H,7-8,10-11,13-14H2,1-2H3,(H,21,23)/t18-/m1/s1. The summed E-state index contributed by atoms with van der Waals surface area (Å²) in [6, 6.07) is 9.63. The van der Waals surface area contributed by atoms with Crippen molar-refractivity contribution in [1.82, 2.24) is 10.2 Å². The average Bonchev–Trinajstić information content (AvgIpc) is 3.18. The van der Waals surface area contributed by atoms with Gasteiger partial charge in [0.1, 0.15) is 11.5 Å². The Balaban J connectivity index is 1.52. The maximum atomic E-state index is 12.2. The molecule has 1 amide bonds. The van der Waals surface area contributed by atoms with Crippen LogP contribution in [0.4, 0.5) is 0 Å². The van der Waals surface area contributed by atoms with Crippen LogP contribution in [0.3, 0.4) is 0 Å². The molecule has 1 fully saturated rings. The maximum absolute atomic E-state index is 12.2. The van der Waals surface area contributed by atoms with E-state index in [-0.39, 0.29) is 18.6 Å². The number of furan rings is 1. The summed E-state index contributed by atoms with van der Waals surface area (Å²) in [5.74, 6) is 1.41. The van der Waals surface area contributed by atoms with Crippen LogP contribution in [0.15, 0.2) is 41.0 Å². The molecule has 1 aromatic carbocycles. The third-order valence-electron chi connectivity index (χ3n) is 4.70. The van der Waals surface area contributed by atoms with Crippen LogP contribution >= 0.6 is 0 Å². The Morgan fingerprint density at radius 1 is 1.23 bits per heavy atom. The minimum atomic E-state index is -0.145. The van der Waals surface area contributed by atoms with E-state index in [1.807, 2.05) is 44.2 Å². The third-order valence-corrected chi connectivity index (χ3v) is 4.70. The van der Waals surface area contributed by atoms with Crippen molar-refractivity contribution in [3.8, 4) is 5.75 Å². The van der Waals surface area contributed by atoms with Crippen molar-refractivity contribution < 1.29 is 18.7 Å². The zero-order valence-electron chi connectivity index (χ0n) is 15.4. The minimum absolute atomic E-state index is 0.000491. The number of aryl methyl sites for hydroxylation is 2. The van der Waals surface area contributed by atoms with Gasteiger partial charge in [-0.1, -0.05) is 6.07 Å². The fourth-order valence-corrected chi connectivity index (χ4v) is 2.99. The van der Waals surface area contributed by atoms with Crippen LogP contribution < -0.4 is 10.1 Å². The summed E-state index contributed by atoms with van der Waals surface area (Å²) in [6.07, 6.45) is 1.66. The quantitative estimate of drug-likeness (QED) is 0.824. The Labute approximate surface area is 154 Å². The second-order valence-corrected chi connectivity index (χ2v) is 6.52. The number of carbonyl (C=O) groups excluding carboxylic acids is 1. The molecule has 6 heteroatoms. The molecule has 1 saturated heterocycles. The Morgan fingerprint density at radius 3 is 2.73 bits per heavy atom. The molecule has 1 atom stereocenters. The van der Waals surface area contributed by atoms with Crippen LogP contribution in [-0.4, -0.2) is 50.3 Å². The van der Waals surface area contributed by atoms with Crippen LogP contribution in [0.2, 0.25) is 0 Å². The zero-order valence-corrected chi connectivity index (χ0v) is 15.4. The average molecular weight is 358 g/mol. The van der Waals surface area contributed by atoms with Gasteiger partial charge in [0.25, 0.3) is 5.91 Å². The first kappa shape index (κ1) is 18.5. The Kier molecular flexibility index (Phi) is 6.30. The van der Waals surface area contributed by atoms with Crippen LogP contribution in [0, 0.1) is 13.8 Å². The number of nitrogens with zero attached hydrogens (tertiary/aromatic N) is 1. The summed E-state index contributed by atoms with van der Waals surface area (Å²) in [5, 5.41) is 2.96. The predicted octanol–water partition coefficient (Wildman–Crippen LogP) is 2.46. The normalized spacial score (nSPS) is 16.2.